The van der Waals surface area contributed by atoms with Gasteiger partial charge in [0.2, 0.25) is 0 Å². The van der Waals surface area contributed by atoms with Gasteiger partial charge in [-0.2, -0.15) is 0 Å². The second-order valence-electron chi connectivity index (χ2n) is 4.97. The Morgan fingerprint density at radius 1 is 1.20 bits per heavy atom. The van der Waals surface area contributed by atoms with E-state index in [0.29, 0.717) is 26.4 Å². The van der Waals surface area contributed by atoms with Crippen molar-refractivity contribution < 1.29 is 19.3 Å². The van der Waals surface area contributed by atoms with Crippen LogP contribution in [0.15, 0.2) is 16.6 Å². The Balaban J connectivity index is 1.79. The van der Waals surface area contributed by atoms with Crippen molar-refractivity contribution in [3.05, 3.63) is 22.2 Å². The van der Waals surface area contributed by atoms with E-state index in [0.717, 1.165) is 34.6 Å². The molecule has 0 radical (unpaired) electrons. The maximum Gasteiger partial charge on any atom is 0.162 e. The van der Waals surface area contributed by atoms with Crippen molar-refractivity contribution in [1.82, 2.24) is 4.90 Å². The van der Waals surface area contributed by atoms with Crippen LogP contribution in [0.1, 0.15) is 5.56 Å². The van der Waals surface area contributed by atoms with Crippen LogP contribution in [0.4, 0.5) is 0 Å². The first-order chi connectivity index (χ1) is 9.78. The zero-order chi connectivity index (χ0) is 13.9. The van der Waals surface area contributed by atoms with Gasteiger partial charge in [0.25, 0.3) is 0 Å². The van der Waals surface area contributed by atoms with E-state index in [9.17, 15) is 5.11 Å². The predicted molar refractivity (Wildman–Crippen MR) is 77.2 cm³/mol. The third-order valence-corrected chi connectivity index (χ3v) is 4.38. The molecule has 0 spiro atoms. The molecule has 20 heavy (non-hydrogen) atoms. The van der Waals surface area contributed by atoms with E-state index in [1.807, 2.05) is 12.1 Å². The number of halogens is 1. The van der Waals surface area contributed by atoms with Crippen LogP contribution in [0.25, 0.3) is 0 Å². The van der Waals surface area contributed by atoms with Crippen LogP contribution in [-0.4, -0.2) is 55.6 Å². The Morgan fingerprint density at radius 2 is 1.95 bits per heavy atom. The zero-order valence-corrected chi connectivity index (χ0v) is 12.8. The lowest BCUT2D eigenvalue weighted by Crippen LogP contribution is -2.46. The maximum absolute atomic E-state index is 9.42. The largest absolute Gasteiger partial charge is 0.486 e. The number of aliphatic hydroxyl groups excluding tert-OH is 1. The summed E-state index contributed by atoms with van der Waals surface area (Å²) >= 11 is 3.59. The van der Waals surface area contributed by atoms with Crippen LogP contribution in [0.3, 0.4) is 0 Å². The molecule has 1 atom stereocenters. The summed E-state index contributed by atoms with van der Waals surface area (Å²) in [5.41, 5.74) is 1.13. The van der Waals surface area contributed by atoms with E-state index in [-0.39, 0.29) is 12.6 Å². The average molecular weight is 344 g/mol. The minimum Gasteiger partial charge on any atom is -0.486 e. The monoisotopic (exact) mass is 343 g/mol. The molecule has 2 aliphatic heterocycles. The molecule has 1 fully saturated rings. The second kappa shape index (κ2) is 6.30. The number of fused-ring (bicyclic) bond motifs is 1. The van der Waals surface area contributed by atoms with Crippen molar-refractivity contribution >= 4 is 15.9 Å². The molecule has 1 N–H and O–H groups in total. The van der Waals surface area contributed by atoms with E-state index < -0.39 is 0 Å². The van der Waals surface area contributed by atoms with Gasteiger partial charge < -0.3 is 19.3 Å². The van der Waals surface area contributed by atoms with Gasteiger partial charge in [-0.25, -0.2) is 0 Å². The van der Waals surface area contributed by atoms with Gasteiger partial charge in [-0.05, 0) is 17.7 Å². The summed E-state index contributed by atoms with van der Waals surface area (Å²) in [4.78, 5) is 2.24. The SMILES string of the molecule is OCC1COCCN1Cc1cc2c(cc1Br)OCCO2. The second-order valence-corrected chi connectivity index (χ2v) is 5.82. The van der Waals surface area contributed by atoms with Gasteiger partial charge in [0, 0.05) is 17.6 Å². The minimum absolute atomic E-state index is 0.0591. The Kier molecular flexibility index (Phi) is 4.45. The number of hydrogen-bond acceptors (Lipinski definition) is 5. The van der Waals surface area contributed by atoms with Crippen LogP contribution in [0.2, 0.25) is 0 Å². The summed E-state index contributed by atoms with van der Waals surface area (Å²) in [5.74, 6) is 1.58. The quantitative estimate of drug-likeness (QED) is 0.899. The molecule has 1 unspecified atom stereocenters. The fourth-order valence-corrected chi connectivity index (χ4v) is 2.96. The number of aliphatic hydroxyl groups is 1. The summed E-state index contributed by atoms with van der Waals surface area (Å²) in [6.45, 7) is 4.16. The Labute approximate surface area is 126 Å². The smallest absolute Gasteiger partial charge is 0.162 e. The molecule has 2 heterocycles. The van der Waals surface area contributed by atoms with Crippen molar-refractivity contribution in [3.63, 3.8) is 0 Å². The summed E-state index contributed by atoms with van der Waals surface area (Å²) in [6.07, 6.45) is 0. The Hall–Kier alpha value is -0.820. The standard InChI is InChI=1S/C14H18BrNO4/c15-12-6-14-13(19-3-4-20-14)5-10(12)7-16-1-2-18-9-11(16)8-17/h5-6,11,17H,1-4,7-9H2. The van der Waals surface area contributed by atoms with Gasteiger partial charge in [-0.3, -0.25) is 4.90 Å². The van der Waals surface area contributed by atoms with Crippen LogP contribution in [0, 0.1) is 0 Å². The zero-order valence-electron chi connectivity index (χ0n) is 11.2. The number of nitrogens with zero attached hydrogens (tertiary/aromatic N) is 1. The van der Waals surface area contributed by atoms with Crippen molar-refractivity contribution in [2.45, 2.75) is 12.6 Å². The van der Waals surface area contributed by atoms with Gasteiger partial charge >= 0.3 is 0 Å². The van der Waals surface area contributed by atoms with Crippen molar-refractivity contribution in [2.75, 3.05) is 39.6 Å². The summed E-state index contributed by atoms with van der Waals surface area (Å²) < 4.78 is 17.6. The molecule has 0 aliphatic carbocycles. The molecular formula is C14H18BrNO4. The first kappa shape index (κ1) is 14.1. The highest BCUT2D eigenvalue weighted by atomic mass is 79.9. The maximum atomic E-state index is 9.42. The van der Waals surface area contributed by atoms with E-state index in [1.165, 1.54) is 0 Å². The third-order valence-electron chi connectivity index (χ3n) is 3.64. The molecule has 2 aliphatic rings. The minimum atomic E-state index is 0.0591. The highest BCUT2D eigenvalue weighted by Gasteiger charge is 2.24. The number of rotatable bonds is 3. The van der Waals surface area contributed by atoms with E-state index in [4.69, 9.17) is 14.2 Å². The van der Waals surface area contributed by atoms with Gasteiger partial charge in [0.05, 0.1) is 25.9 Å². The van der Waals surface area contributed by atoms with Crippen LogP contribution in [-0.2, 0) is 11.3 Å². The molecule has 1 aromatic carbocycles. The van der Waals surface area contributed by atoms with Crippen LogP contribution < -0.4 is 9.47 Å². The fourth-order valence-electron chi connectivity index (χ4n) is 2.51. The van der Waals surface area contributed by atoms with Crippen LogP contribution in [0.5, 0.6) is 11.5 Å². The summed E-state index contributed by atoms with van der Waals surface area (Å²) in [5, 5.41) is 9.42. The van der Waals surface area contributed by atoms with Gasteiger partial charge in [0.15, 0.2) is 11.5 Å². The van der Waals surface area contributed by atoms with Crippen LogP contribution >= 0.6 is 15.9 Å². The van der Waals surface area contributed by atoms with Crippen molar-refractivity contribution in [1.29, 1.82) is 0 Å². The van der Waals surface area contributed by atoms with Gasteiger partial charge in [0.1, 0.15) is 13.2 Å². The molecule has 0 aromatic heterocycles. The molecule has 0 amide bonds. The lowest BCUT2D eigenvalue weighted by Gasteiger charge is -2.34. The van der Waals surface area contributed by atoms with E-state index >= 15 is 0 Å². The number of hydrogen-bond donors (Lipinski definition) is 1. The Bertz CT molecular complexity index is 482. The van der Waals surface area contributed by atoms with Gasteiger partial charge in [-0.15, -0.1) is 0 Å². The average Bonchev–Trinajstić information content (AvgIpc) is 2.48. The Morgan fingerprint density at radius 3 is 2.70 bits per heavy atom. The van der Waals surface area contributed by atoms with Crippen molar-refractivity contribution in [2.24, 2.45) is 0 Å². The number of morpholine rings is 1. The fraction of sp³-hybridized carbons (Fsp3) is 0.571. The predicted octanol–water partition coefficient (Wildman–Crippen LogP) is 1.41. The molecule has 0 saturated carbocycles. The van der Waals surface area contributed by atoms with E-state index in [1.54, 1.807) is 0 Å². The summed E-state index contributed by atoms with van der Waals surface area (Å²) in [7, 11) is 0. The highest BCUT2D eigenvalue weighted by Crippen LogP contribution is 2.36. The molecule has 1 aromatic rings. The normalized spacial score (nSPS) is 22.8. The number of ether oxygens (including phenoxy) is 3. The third kappa shape index (κ3) is 2.93. The number of benzene rings is 1. The first-order valence-electron chi connectivity index (χ1n) is 6.78. The highest BCUT2D eigenvalue weighted by molar-refractivity contribution is 9.10. The lowest BCUT2D eigenvalue weighted by molar-refractivity contribution is -0.0313. The first-order valence-corrected chi connectivity index (χ1v) is 7.58. The summed E-state index contributed by atoms with van der Waals surface area (Å²) in [6, 6.07) is 4.03. The molecule has 6 heteroatoms. The molecule has 3 rings (SSSR count). The lowest BCUT2D eigenvalue weighted by atomic mass is 10.1. The molecule has 110 valence electrons. The molecule has 0 bridgehead atoms. The topological polar surface area (TPSA) is 51.2 Å². The van der Waals surface area contributed by atoms with Gasteiger partial charge in [-0.1, -0.05) is 15.9 Å². The van der Waals surface area contributed by atoms with Crippen molar-refractivity contribution in [3.8, 4) is 11.5 Å². The molecular weight excluding hydrogens is 326 g/mol. The van der Waals surface area contributed by atoms with E-state index in [2.05, 4.69) is 20.8 Å². The molecule has 1 saturated heterocycles. The molecule has 5 nitrogen and oxygen atoms in total.